The summed E-state index contributed by atoms with van der Waals surface area (Å²) in [5, 5.41) is 42.8. The Morgan fingerprint density at radius 1 is 0.455 bits per heavy atom. The van der Waals surface area contributed by atoms with Gasteiger partial charge in [-0.1, -0.05) is 105 Å². The number of imide groups is 1. The third-order valence-corrected chi connectivity index (χ3v) is 36.5. The van der Waals surface area contributed by atoms with Crippen LogP contribution in [0.3, 0.4) is 0 Å². The molecule has 0 aromatic carbocycles. The van der Waals surface area contributed by atoms with Gasteiger partial charge in [0.2, 0.25) is 17.7 Å². The van der Waals surface area contributed by atoms with Gasteiger partial charge in [-0.2, -0.15) is 23.5 Å². The Balaban J connectivity index is 0.000000210. The van der Waals surface area contributed by atoms with Crippen molar-refractivity contribution < 1.29 is 101 Å². The molecule has 760 valence electrons. The molecule has 32 heteroatoms. The summed E-state index contributed by atoms with van der Waals surface area (Å²) in [5.41, 5.74) is 9.35. The van der Waals surface area contributed by atoms with Crippen molar-refractivity contribution in [1.29, 1.82) is 0 Å². The average molecular weight is 1920 g/mol. The number of hydrogen-bond acceptors (Lipinski definition) is 24. The van der Waals surface area contributed by atoms with Crippen molar-refractivity contribution in [2.24, 2.45) is 98.4 Å². The molecule has 11 N–H and O–H groups in total. The number of aliphatic hydroxyl groups excluding tert-OH is 2. The number of nitrogens with zero attached hydrogens (tertiary/aromatic N) is 1. The van der Waals surface area contributed by atoms with Crippen LogP contribution in [0.15, 0.2) is 23.3 Å². The van der Waals surface area contributed by atoms with Gasteiger partial charge in [-0.25, -0.2) is 14.4 Å². The van der Waals surface area contributed by atoms with Crippen molar-refractivity contribution in [3.05, 3.63) is 23.3 Å². The number of hydroxylamine groups is 2. The van der Waals surface area contributed by atoms with Crippen molar-refractivity contribution >= 4 is 83.0 Å². The van der Waals surface area contributed by atoms with E-state index in [1.807, 2.05) is 23.5 Å². The first-order chi connectivity index (χ1) is 64.3. The van der Waals surface area contributed by atoms with Gasteiger partial charge in [0.1, 0.15) is 12.2 Å². The molecule has 0 aromatic heterocycles. The maximum Gasteiger partial charge on any atom is 0.333 e. The highest BCUT2D eigenvalue weighted by Crippen LogP contribution is 2.70. The fourth-order valence-corrected chi connectivity index (χ4v) is 28.9. The zero-order valence-corrected chi connectivity index (χ0v) is 84.3. The number of thioether (sulfide) groups is 2. The van der Waals surface area contributed by atoms with Gasteiger partial charge in [-0.3, -0.25) is 33.6 Å². The van der Waals surface area contributed by atoms with Crippen LogP contribution >= 0.6 is 23.5 Å². The lowest BCUT2D eigenvalue weighted by Gasteiger charge is -2.58. The first-order valence-electron chi connectivity index (χ1n) is 51.9. The van der Waals surface area contributed by atoms with Crippen molar-refractivity contribution in [2.45, 2.75) is 347 Å². The van der Waals surface area contributed by atoms with E-state index >= 15 is 0 Å². The van der Waals surface area contributed by atoms with Gasteiger partial charge in [0.25, 0.3) is 11.8 Å². The number of aliphatic hydroxyl groups is 2. The Labute approximate surface area is 807 Å². The number of carbonyl (C=O) groups is 10. The third kappa shape index (κ3) is 30.2. The molecule has 8 aliphatic carbocycles. The standard InChI is InChI=1S/C49H82N4O9S.C35H53NO7.C18H34N4O5S/c1-32(2)41(54)15-10-33(3)37-13-14-38-36-12-11-34-30-35(18-20-48(34,4)39(36)19-21-49(37,38)5)62-45(57)17-16-44(56)51-23-25-60-27-29-61-28-26-59-24-22-50-43(55)9-7-6-8-42-46-40(31-63-42)52-47(58)53-46;1-21(2)29(37)11-6-22(3)26-9-10-27-25-8-7-23-20-24(16-18-34(23,4)28(25)17-19-35(26,27)5)42-32(40)14-15-33(41)43-36-30(38)12-13-31(36)39;19-5-7-25-9-11-27-12-10-26-8-6-20-16(23)4-2-1-3-15-17-14(13-28-15)21-18(24)22-17/h11,32-33,35-42,46,54H,6-10,12-31H2,1-5H3,(H,50,55)(H,51,56)(H2,52,53,58);7,21-22,24-29,37H,6,8-20H2,1-5H3;14-15,17H,1-13,19H2,(H,20,23)(H2,21,22,24)/t33?,35-,36?,37+,38?,39?,40-,41-,42-,46-,48-,49+;22?,24-,25?,26+,27?,28?,29-,34-,35+;14-,15-,17-/m000/s1. The molecule has 9 amide bonds. The van der Waals surface area contributed by atoms with Crippen LogP contribution in [-0.4, -0.2) is 251 Å². The van der Waals surface area contributed by atoms with Crippen molar-refractivity contribution in [3.63, 3.8) is 0 Å². The second-order valence-electron chi connectivity index (χ2n) is 42.7. The molecule has 11 fully saturated rings. The van der Waals surface area contributed by atoms with Gasteiger partial charge in [-0.15, -0.1) is 5.06 Å². The van der Waals surface area contributed by atoms with Gasteiger partial charge in [-0.05, 0) is 234 Å². The molecule has 0 bridgehead atoms. The normalized spacial score (nSPS) is 32.2. The molecular formula is C102H169N9O21S2. The number of fused-ring (bicyclic) bond motifs is 12. The third-order valence-electron chi connectivity index (χ3n) is 33.5. The molecule has 6 saturated carbocycles. The smallest absolute Gasteiger partial charge is 0.333 e. The summed E-state index contributed by atoms with van der Waals surface area (Å²) in [6, 6.07) is 0.836. The SMILES string of the molecule is CC(CC[C@H](O)C(C)C)[C@H]1CCC2C3CC=C4C[C@@H](OC(=O)CCC(=O)NCCOCCOCCOCCNC(=O)CCCC[C@@H]5SC[C@@H]6NC(=O)N[C@@H]65)CC[C@]4(C)C3CC[C@@]21C.CC(CC[C@H](O)C(C)C)[C@H]1CCC2C3CC=C4C[C@@H](OC(=O)CCC(=O)ON5C(=O)CCC5=O)CC[C@]4(C)C3CC[C@@]21C.NCCOCCOCCOCCNC(=O)CCCC[C@@H]1SC[C@@H]2NC(=O)N[C@@H]21. The summed E-state index contributed by atoms with van der Waals surface area (Å²) in [6.45, 7) is 30.9. The summed E-state index contributed by atoms with van der Waals surface area (Å²) in [7, 11) is 0. The predicted molar refractivity (Wildman–Crippen MR) is 515 cm³/mol. The van der Waals surface area contributed by atoms with E-state index < -0.39 is 23.8 Å². The fourth-order valence-electron chi connectivity index (χ4n) is 25.8. The summed E-state index contributed by atoms with van der Waals surface area (Å²) in [5.74, 6) is 7.01. The zero-order valence-electron chi connectivity index (χ0n) is 82.6. The lowest BCUT2D eigenvalue weighted by Crippen LogP contribution is -2.51. The first-order valence-corrected chi connectivity index (χ1v) is 54.0. The molecule has 13 aliphatic rings. The minimum absolute atomic E-state index is 0.0295. The minimum atomic E-state index is -0.779. The summed E-state index contributed by atoms with van der Waals surface area (Å²) < 4.78 is 44.4. The minimum Gasteiger partial charge on any atom is -0.462 e. The van der Waals surface area contributed by atoms with E-state index in [4.69, 9.17) is 48.5 Å². The van der Waals surface area contributed by atoms with Crippen LogP contribution in [-0.2, 0) is 81.1 Å². The van der Waals surface area contributed by atoms with Crippen molar-refractivity contribution in [3.8, 4) is 0 Å². The van der Waals surface area contributed by atoms with Crippen LogP contribution in [0.25, 0.3) is 0 Å². The number of nitrogens with two attached hydrogens (primary N) is 1. The van der Waals surface area contributed by atoms with Crippen LogP contribution in [0.5, 0.6) is 0 Å². The van der Waals surface area contributed by atoms with Crippen LogP contribution in [0.1, 0.15) is 288 Å². The van der Waals surface area contributed by atoms with E-state index in [1.165, 1.54) is 62.5 Å². The van der Waals surface area contributed by atoms with Gasteiger partial charge in [0.05, 0.1) is 135 Å². The average Bonchev–Trinajstić information content (AvgIpc) is 1.43. The number of urea groups is 2. The number of unbranched alkanes of at least 4 members (excludes halogenated alkanes) is 2. The lowest BCUT2D eigenvalue weighted by atomic mass is 9.47. The highest BCUT2D eigenvalue weighted by atomic mass is 32.2. The number of rotatable bonds is 52. The number of hydrogen-bond donors (Lipinski definition) is 10. The van der Waals surface area contributed by atoms with E-state index in [1.54, 1.807) is 0 Å². The summed E-state index contributed by atoms with van der Waals surface area (Å²) in [6.07, 6.45) is 33.0. The predicted octanol–water partition coefficient (Wildman–Crippen LogP) is 12.8. The topological polar surface area (TPSA) is 408 Å². The van der Waals surface area contributed by atoms with Crippen LogP contribution in [0.4, 0.5) is 9.59 Å². The Bertz CT molecular complexity index is 3850. The molecule has 8 unspecified atom stereocenters. The van der Waals surface area contributed by atoms with E-state index in [-0.39, 0.29) is 134 Å². The molecule has 30 nitrogen and oxygen atoms in total. The maximum atomic E-state index is 12.8. The van der Waals surface area contributed by atoms with Gasteiger partial charge in [0, 0.05) is 93.1 Å². The molecule has 0 spiro atoms. The molecule has 134 heavy (non-hydrogen) atoms. The highest BCUT2D eigenvalue weighted by Gasteiger charge is 2.62. The number of carbonyl (C=O) groups excluding carboxylic acids is 10. The molecule has 5 heterocycles. The quantitative estimate of drug-likeness (QED) is 0.00889. The van der Waals surface area contributed by atoms with Crippen molar-refractivity contribution in [2.75, 3.05) is 117 Å². The number of allylic oxidation sites excluding steroid dienone is 2. The molecule has 5 saturated heterocycles. The molecule has 5 aliphatic heterocycles. The maximum absolute atomic E-state index is 12.8. The van der Waals surface area contributed by atoms with Crippen LogP contribution in [0.2, 0.25) is 0 Å². The van der Waals surface area contributed by atoms with Gasteiger partial charge in [0.15, 0.2) is 0 Å². The summed E-state index contributed by atoms with van der Waals surface area (Å²) in [4.78, 5) is 125. The lowest BCUT2D eigenvalue weighted by molar-refractivity contribution is -0.197. The van der Waals surface area contributed by atoms with Crippen LogP contribution in [0, 0.1) is 92.7 Å². The van der Waals surface area contributed by atoms with E-state index in [0.717, 1.165) is 157 Å². The zero-order chi connectivity index (χ0) is 96.1. The molecule has 24 atom stereocenters. The van der Waals surface area contributed by atoms with E-state index in [2.05, 4.69) is 119 Å². The van der Waals surface area contributed by atoms with Crippen LogP contribution < -0.4 is 43.0 Å². The van der Waals surface area contributed by atoms with Gasteiger partial charge < -0.3 is 95.9 Å². The Morgan fingerprint density at radius 2 is 0.836 bits per heavy atom. The second-order valence-corrected chi connectivity index (χ2v) is 45.3. The first kappa shape index (κ1) is 109. The molecule has 0 aromatic rings. The number of esters is 2. The second kappa shape index (κ2) is 53.3. The molecule has 13 rings (SSSR count). The highest BCUT2D eigenvalue weighted by molar-refractivity contribution is 8.00. The molecular weight excluding hydrogens is 1750 g/mol. The van der Waals surface area contributed by atoms with E-state index in [0.29, 0.717) is 186 Å². The number of amides is 9. The Morgan fingerprint density at radius 3 is 1.24 bits per heavy atom. The Kier molecular flexibility index (Phi) is 43.2. The van der Waals surface area contributed by atoms with Gasteiger partial charge >= 0.3 is 30.0 Å². The monoisotopic (exact) mass is 1920 g/mol. The molecule has 0 radical (unpaired) electrons. The number of nitrogens with one attached hydrogen (secondary N) is 7. The Hall–Kier alpha value is -5.68. The fraction of sp³-hybridized carbons (Fsp3) is 0.863. The largest absolute Gasteiger partial charge is 0.462 e. The summed E-state index contributed by atoms with van der Waals surface area (Å²) >= 11 is 3.81. The van der Waals surface area contributed by atoms with E-state index in [9.17, 15) is 58.2 Å². The number of ether oxygens (including phenoxy) is 8. The van der Waals surface area contributed by atoms with Crippen molar-refractivity contribution in [1.82, 2.24) is 42.3 Å².